The first-order valence-electron chi connectivity index (χ1n) is 9.21. The number of carbonyl (C=O) groups excluding carboxylic acids is 1. The van der Waals surface area contributed by atoms with Gasteiger partial charge >= 0.3 is 0 Å². The Morgan fingerprint density at radius 3 is 2.31 bits per heavy atom. The van der Waals surface area contributed by atoms with Gasteiger partial charge in [-0.2, -0.15) is 0 Å². The molecule has 2 saturated heterocycles. The number of nitrogens with zero attached hydrogens (tertiary/aromatic N) is 2. The van der Waals surface area contributed by atoms with Crippen LogP contribution in [0.1, 0.15) is 30.9 Å². The smallest absolute Gasteiger partial charge is 0.241 e. The Labute approximate surface area is 158 Å². The maximum atomic E-state index is 12.8. The predicted molar refractivity (Wildman–Crippen MR) is 108 cm³/mol. The van der Waals surface area contributed by atoms with E-state index in [1.54, 1.807) is 11.8 Å². The largest absolute Gasteiger partial charge is 0.304 e. The first-order chi connectivity index (χ1) is 12.8. The van der Waals surface area contributed by atoms with Crippen molar-refractivity contribution in [3.63, 3.8) is 0 Å². The van der Waals surface area contributed by atoms with Crippen molar-refractivity contribution in [2.24, 2.45) is 4.99 Å². The van der Waals surface area contributed by atoms with E-state index in [2.05, 4.69) is 39.5 Å². The second-order valence-electron chi connectivity index (χ2n) is 6.73. The maximum Gasteiger partial charge on any atom is 0.241 e. The van der Waals surface area contributed by atoms with E-state index in [4.69, 9.17) is 0 Å². The molecule has 4 rings (SSSR count). The Morgan fingerprint density at radius 2 is 1.62 bits per heavy atom. The van der Waals surface area contributed by atoms with Crippen LogP contribution in [0.4, 0.5) is 5.69 Å². The third-order valence-corrected chi connectivity index (χ3v) is 6.07. The fourth-order valence-corrected chi connectivity index (χ4v) is 4.87. The molecule has 2 heterocycles. The molecule has 0 aliphatic carbocycles. The minimum absolute atomic E-state index is 0.0594. The molecule has 134 valence electrons. The highest BCUT2D eigenvalue weighted by molar-refractivity contribution is 8.15. The van der Waals surface area contributed by atoms with Gasteiger partial charge in [0.1, 0.15) is 5.25 Å². The van der Waals surface area contributed by atoms with Gasteiger partial charge in [0, 0.05) is 0 Å². The van der Waals surface area contributed by atoms with Crippen molar-refractivity contribution >= 4 is 28.5 Å². The normalized spacial score (nSPS) is 23.8. The monoisotopic (exact) mass is 365 g/mol. The summed E-state index contributed by atoms with van der Waals surface area (Å²) in [4.78, 5) is 19.9. The molecule has 0 saturated carbocycles. The molecule has 4 nitrogen and oxygen atoms in total. The molecule has 0 aromatic heterocycles. The SMILES string of the molecule is O=C1NC(=Nc2ccccc2)SC1C(c1ccccc1)N1CCCCC1. The van der Waals surface area contributed by atoms with Gasteiger partial charge in [0.05, 0.1) is 11.7 Å². The maximum absolute atomic E-state index is 12.8. The highest BCUT2D eigenvalue weighted by Crippen LogP contribution is 2.37. The summed E-state index contributed by atoms with van der Waals surface area (Å²) >= 11 is 1.56. The molecule has 2 fully saturated rings. The number of thioether (sulfide) groups is 1. The second-order valence-corrected chi connectivity index (χ2v) is 7.86. The van der Waals surface area contributed by atoms with Crippen molar-refractivity contribution in [3.05, 3.63) is 66.2 Å². The van der Waals surface area contributed by atoms with Crippen LogP contribution in [0.2, 0.25) is 0 Å². The fraction of sp³-hybridized carbons (Fsp3) is 0.333. The molecule has 2 aliphatic heterocycles. The molecule has 1 N–H and O–H groups in total. The van der Waals surface area contributed by atoms with Gasteiger partial charge < -0.3 is 5.32 Å². The highest BCUT2D eigenvalue weighted by atomic mass is 32.2. The topological polar surface area (TPSA) is 44.7 Å². The van der Waals surface area contributed by atoms with Crippen LogP contribution in [0, 0.1) is 0 Å². The fourth-order valence-electron chi connectivity index (χ4n) is 3.69. The molecule has 0 bridgehead atoms. The summed E-state index contributed by atoms with van der Waals surface area (Å²) in [5.41, 5.74) is 2.08. The summed E-state index contributed by atoms with van der Waals surface area (Å²) in [6.45, 7) is 2.10. The molecule has 1 amide bonds. The molecule has 0 spiro atoms. The number of amides is 1. The van der Waals surface area contributed by atoms with Crippen molar-refractivity contribution in [2.75, 3.05) is 13.1 Å². The highest BCUT2D eigenvalue weighted by Gasteiger charge is 2.40. The first-order valence-corrected chi connectivity index (χ1v) is 10.1. The van der Waals surface area contributed by atoms with E-state index in [-0.39, 0.29) is 17.2 Å². The van der Waals surface area contributed by atoms with E-state index in [1.165, 1.54) is 24.8 Å². The lowest BCUT2D eigenvalue weighted by Crippen LogP contribution is -2.41. The number of rotatable bonds is 4. The van der Waals surface area contributed by atoms with Gasteiger partial charge in [-0.05, 0) is 43.6 Å². The van der Waals surface area contributed by atoms with Crippen LogP contribution < -0.4 is 5.32 Å². The van der Waals surface area contributed by atoms with Gasteiger partial charge in [-0.3, -0.25) is 9.69 Å². The minimum atomic E-state index is -0.169. The molecule has 26 heavy (non-hydrogen) atoms. The van der Waals surface area contributed by atoms with Crippen molar-refractivity contribution in [3.8, 4) is 0 Å². The quantitative estimate of drug-likeness (QED) is 0.886. The van der Waals surface area contributed by atoms with Crippen LogP contribution in [0.5, 0.6) is 0 Å². The molecule has 2 aromatic carbocycles. The molecule has 2 aliphatic rings. The Hall–Kier alpha value is -2.11. The van der Waals surface area contributed by atoms with Gasteiger partial charge in [-0.25, -0.2) is 4.99 Å². The molecular weight excluding hydrogens is 342 g/mol. The molecule has 2 aromatic rings. The molecular formula is C21H23N3OS. The molecule has 0 radical (unpaired) electrons. The van der Waals surface area contributed by atoms with Crippen molar-refractivity contribution < 1.29 is 4.79 Å². The summed E-state index contributed by atoms with van der Waals surface area (Å²) in [5, 5.41) is 3.52. The standard InChI is InChI=1S/C21H23N3OS/c25-20-19(26-21(23-20)22-17-12-6-2-7-13-17)18(16-10-4-1-5-11-16)24-14-8-3-9-15-24/h1-2,4-7,10-13,18-19H,3,8-9,14-15H2,(H,22,23,25). The van der Waals surface area contributed by atoms with Crippen LogP contribution in [-0.4, -0.2) is 34.3 Å². The third kappa shape index (κ3) is 3.84. The minimum Gasteiger partial charge on any atom is -0.304 e. The lowest BCUT2D eigenvalue weighted by molar-refractivity contribution is -0.120. The lowest BCUT2D eigenvalue weighted by Gasteiger charge is -2.36. The Morgan fingerprint density at radius 1 is 0.962 bits per heavy atom. The first kappa shape index (κ1) is 17.3. The van der Waals surface area contributed by atoms with Crippen molar-refractivity contribution in [2.45, 2.75) is 30.6 Å². The van der Waals surface area contributed by atoms with Crippen LogP contribution in [0.15, 0.2) is 65.7 Å². The number of hydrogen-bond donors (Lipinski definition) is 1. The van der Waals surface area contributed by atoms with Crippen LogP contribution in [-0.2, 0) is 4.79 Å². The third-order valence-electron chi connectivity index (χ3n) is 4.93. The molecule has 2 atom stereocenters. The summed E-state index contributed by atoms with van der Waals surface area (Å²) in [5.74, 6) is 0.0594. The van der Waals surface area contributed by atoms with Gasteiger partial charge in [0.2, 0.25) is 5.91 Å². The van der Waals surface area contributed by atoms with Crippen LogP contribution in [0.25, 0.3) is 0 Å². The van der Waals surface area contributed by atoms with E-state index >= 15 is 0 Å². The summed E-state index contributed by atoms with van der Waals surface area (Å²) < 4.78 is 0. The Kier molecular flexibility index (Phi) is 5.37. The van der Waals surface area contributed by atoms with Gasteiger partial charge in [0.25, 0.3) is 0 Å². The Balaban J connectivity index is 1.61. The number of piperidine rings is 1. The number of likely N-dealkylation sites (tertiary alicyclic amines) is 1. The summed E-state index contributed by atoms with van der Waals surface area (Å²) in [7, 11) is 0. The molecule has 2 unspecified atom stereocenters. The van der Waals surface area contributed by atoms with E-state index in [9.17, 15) is 4.79 Å². The number of aliphatic imine (C=N–C) groups is 1. The summed E-state index contributed by atoms with van der Waals surface area (Å²) in [6, 6.07) is 20.3. The van der Waals surface area contributed by atoms with Gasteiger partial charge in [-0.15, -0.1) is 0 Å². The van der Waals surface area contributed by atoms with E-state index < -0.39 is 0 Å². The van der Waals surface area contributed by atoms with Crippen LogP contribution >= 0.6 is 11.8 Å². The number of amidine groups is 1. The zero-order valence-corrected chi connectivity index (χ0v) is 15.5. The van der Waals surface area contributed by atoms with Crippen LogP contribution in [0.3, 0.4) is 0 Å². The predicted octanol–water partition coefficient (Wildman–Crippen LogP) is 4.13. The van der Waals surface area contributed by atoms with Gasteiger partial charge in [-0.1, -0.05) is 66.7 Å². The van der Waals surface area contributed by atoms with Gasteiger partial charge in [0.15, 0.2) is 5.17 Å². The zero-order chi connectivity index (χ0) is 17.8. The lowest BCUT2D eigenvalue weighted by atomic mass is 9.98. The molecule has 5 heteroatoms. The number of benzene rings is 2. The van der Waals surface area contributed by atoms with E-state index in [0.29, 0.717) is 5.17 Å². The average Bonchev–Trinajstić information content (AvgIpc) is 3.04. The number of para-hydroxylation sites is 1. The average molecular weight is 366 g/mol. The zero-order valence-electron chi connectivity index (χ0n) is 14.7. The summed E-state index contributed by atoms with van der Waals surface area (Å²) in [6.07, 6.45) is 3.68. The second kappa shape index (κ2) is 8.06. The number of carbonyl (C=O) groups is 1. The van der Waals surface area contributed by atoms with E-state index in [0.717, 1.165) is 18.8 Å². The van der Waals surface area contributed by atoms with Crippen molar-refractivity contribution in [1.82, 2.24) is 10.2 Å². The van der Waals surface area contributed by atoms with E-state index in [1.807, 2.05) is 36.4 Å². The Bertz CT molecular complexity index is 772. The number of hydrogen-bond acceptors (Lipinski definition) is 4. The van der Waals surface area contributed by atoms with Crippen molar-refractivity contribution in [1.29, 1.82) is 0 Å². The number of nitrogens with one attached hydrogen (secondary N) is 1.